The number of benzene rings is 2. The lowest BCUT2D eigenvalue weighted by Crippen LogP contribution is -2.00. The van der Waals surface area contributed by atoms with E-state index in [1.807, 2.05) is 0 Å². The summed E-state index contributed by atoms with van der Waals surface area (Å²) in [4.78, 5) is 12.1. The molecular formula is C14H8FNO2S. The van der Waals surface area contributed by atoms with Gasteiger partial charge in [0.05, 0.1) is 11.1 Å². The molecule has 3 nitrogen and oxygen atoms in total. The van der Waals surface area contributed by atoms with Crippen molar-refractivity contribution in [2.24, 2.45) is 0 Å². The van der Waals surface area contributed by atoms with Crippen molar-refractivity contribution in [2.75, 3.05) is 0 Å². The molecule has 94 valence electrons. The van der Waals surface area contributed by atoms with Crippen LogP contribution in [-0.2, 0) is 0 Å². The Labute approximate surface area is 113 Å². The first-order valence-corrected chi connectivity index (χ1v) is 6.13. The lowest BCUT2D eigenvalue weighted by molar-refractivity contribution is 0.0691. The van der Waals surface area contributed by atoms with Gasteiger partial charge >= 0.3 is 5.97 Å². The molecule has 0 spiro atoms. The van der Waals surface area contributed by atoms with Crippen LogP contribution in [-0.4, -0.2) is 11.1 Å². The van der Waals surface area contributed by atoms with E-state index in [9.17, 15) is 9.18 Å². The minimum atomic E-state index is -1.31. The first-order chi connectivity index (χ1) is 9.11. The van der Waals surface area contributed by atoms with Crippen molar-refractivity contribution < 1.29 is 14.3 Å². The van der Waals surface area contributed by atoms with Gasteiger partial charge in [-0.3, -0.25) is 0 Å². The van der Waals surface area contributed by atoms with Gasteiger partial charge in [-0.1, -0.05) is 23.9 Å². The number of hydrogen-bond acceptors (Lipinski definition) is 3. The van der Waals surface area contributed by atoms with Crippen molar-refractivity contribution in [1.82, 2.24) is 0 Å². The van der Waals surface area contributed by atoms with E-state index < -0.39 is 11.8 Å². The van der Waals surface area contributed by atoms with E-state index in [4.69, 9.17) is 10.4 Å². The molecule has 0 radical (unpaired) electrons. The van der Waals surface area contributed by atoms with Crippen molar-refractivity contribution in [3.05, 3.63) is 59.4 Å². The molecule has 0 saturated carbocycles. The average Bonchev–Trinajstić information content (AvgIpc) is 2.41. The van der Waals surface area contributed by atoms with Crippen LogP contribution < -0.4 is 0 Å². The second-order valence-corrected chi connectivity index (χ2v) is 4.77. The largest absolute Gasteiger partial charge is 0.478 e. The highest BCUT2D eigenvalue weighted by molar-refractivity contribution is 7.99. The summed E-state index contributed by atoms with van der Waals surface area (Å²) < 4.78 is 13.3. The third-order valence-electron chi connectivity index (χ3n) is 2.40. The molecule has 5 heteroatoms. The summed E-state index contributed by atoms with van der Waals surface area (Å²) in [7, 11) is 0. The van der Waals surface area contributed by atoms with Gasteiger partial charge in [0, 0.05) is 9.79 Å². The van der Waals surface area contributed by atoms with Crippen LogP contribution in [0, 0.1) is 17.1 Å². The molecule has 0 aromatic heterocycles. The van der Waals surface area contributed by atoms with Crippen LogP contribution in [0.1, 0.15) is 15.9 Å². The van der Waals surface area contributed by atoms with E-state index in [1.165, 1.54) is 23.9 Å². The Morgan fingerprint density at radius 1 is 1.26 bits per heavy atom. The van der Waals surface area contributed by atoms with E-state index in [0.717, 1.165) is 6.07 Å². The standard InChI is InChI=1S/C14H8FNO2S/c15-12-6-5-10(7-11(12)14(17)18)19-13-4-2-1-3-9(13)8-16/h1-7H,(H,17,18). The molecule has 1 N–H and O–H groups in total. The fourth-order valence-electron chi connectivity index (χ4n) is 1.51. The zero-order chi connectivity index (χ0) is 13.8. The number of halogens is 1. The summed E-state index contributed by atoms with van der Waals surface area (Å²) >= 11 is 1.23. The van der Waals surface area contributed by atoms with Crippen LogP contribution in [0.15, 0.2) is 52.3 Å². The number of nitriles is 1. The first-order valence-electron chi connectivity index (χ1n) is 5.31. The van der Waals surface area contributed by atoms with Crippen molar-refractivity contribution >= 4 is 17.7 Å². The van der Waals surface area contributed by atoms with Crippen LogP contribution in [0.2, 0.25) is 0 Å². The SMILES string of the molecule is N#Cc1ccccc1Sc1ccc(F)c(C(=O)O)c1. The predicted octanol–water partition coefficient (Wildman–Crippen LogP) is 3.55. The van der Waals surface area contributed by atoms with E-state index >= 15 is 0 Å². The molecule has 0 bridgehead atoms. The van der Waals surface area contributed by atoms with Crippen LogP contribution in [0.3, 0.4) is 0 Å². The molecule has 2 aromatic carbocycles. The van der Waals surface area contributed by atoms with Gasteiger partial charge in [-0.25, -0.2) is 9.18 Å². The fourth-order valence-corrected chi connectivity index (χ4v) is 2.44. The molecule has 0 fully saturated rings. The Kier molecular flexibility index (Phi) is 3.83. The molecule has 0 saturated heterocycles. The molecule has 0 aliphatic carbocycles. The second-order valence-electron chi connectivity index (χ2n) is 3.66. The van der Waals surface area contributed by atoms with Crippen LogP contribution in [0.4, 0.5) is 4.39 Å². The zero-order valence-corrected chi connectivity index (χ0v) is 10.4. The van der Waals surface area contributed by atoms with Crippen molar-refractivity contribution in [3.8, 4) is 6.07 Å². The number of nitrogens with zero attached hydrogens (tertiary/aromatic N) is 1. The monoisotopic (exact) mass is 273 g/mol. The van der Waals surface area contributed by atoms with Crippen molar-refractivity contribution in [1.29, 1.82) is 5.26 Å². The molecule has 19 heavy (non-hydrogen) atoms. The molecule has 0 amide bonds. The summed E-state index contributed by atoms with van der Waals surface area (Å²) in [5, 5.41) is 17.8. The molecule has 0 unspecified atom stereocenters. The van der Waals surface area contributed by atoms with E-state index in [-0.39, 0.29) is 5.56 Å². The Morgan fingerprint density at radius 2 is 2.00 bits per heavy atom. The van der Waals surface area contributed by atoms with Crippen LogP contribution >= 0.6 is 11.8 Å². The number of carboxylic acid groups (broad SMARTS) is 1. The Bertz CT molecular complexity index is 679. The quantitative estimate of drug-likeness (QED) is 0.929. The van der Waals surface area contributed by atoms with Crippen LogP contribution in [0.5, 0.6) is 0 Å². The minimum absolute atomic E-state index is 0.376. The van der Waals surface area contributed by atoms with Gasteiger partial charge in [-0.05, 0) is 30.3 Å². The molecular weight excluding hydrogens is 265 g/mol. The summed E-state index contributed by atoms with van der Waals surface area (Å²) in [5.74, 6) is -2.08. The number of aromatic carboxylic acids is 1. The fraction of sp³-hybridized carbons (Fsp3) is 0. The highest BCUT2D eigenvalue weighted by Gasteiger charge is 2.12. The lowest BCUT2D eigenvalue weighted by atomic mass is 10.2. The minimum Gasteiger partial charge on any atom is -0.478 e. The number of carbonyl (C=O) groups is 1. The van der Waals surface area contributed by atoms with Crippen LogP contribution in [0.25, 0.3) is 0 Å². The summed E-state index contributed by atoms with van der Waals surface area (Å²) in [6, 6.07) is 12.9. The van der Waals surface area contributed by atoms with Crippen molar-refractivity contribution in [3.63, 3.8) is 0 Å². The maximum Gasteiger partial charge on any atom is 0.338 e. The van der Waals surface area contributed by atoms with Gasteiger partial charge in [-0.2, -0.15) is 5.26 Å². The first kappa shape index (κ1) is 13.1. The summed E-state index contributed by atoms with van der Waals surface area (Å²) in [5.41, 5.74) is 0.119. The highest BCUT2D eigenvalue weighted by atomic mass is 32.2. The topological polar surface area (TPSA) is 61.1 Å². The molecule has 0 aliphatic heterocycles. The van der Waals surface area contributed by atoms with Gasteiger partial charge in [0.1, 0.15) is 11.9 Å². The predicted molar refractivity (Wildman–Crippen MR) is 68.6 cm³/mol. The van der Waals surface area contributed by atoms with Gasteiger partial charge in [0.25, 0.3) is 0 Å². The van der Waals surface area contributed by atoms with E-state index in [1.54, 1.807) is 24.3 Å². The molecule has 0 atom stereocenters. The number of carboxylic acids is 1. The average molecular weight is 273 g/mol. The maximum atomic E-state index is 13.3. The summed E-state index contributed by atoms with van der Waals surface area (Å²) in [6.07, 6.45) is 0. The van der Waals surface area contributed by atoms with Crippen molar-refractivity contribution in [2.45, 2.75) is 9.79 Å². The Balaban J connectivity index is 2.37. The molecule has 0 heterocycles. The Morgan fingerprint density at radius 3 is 2.68 bits per heavy atom. The maximum absolute atomic E-state index is 13.3. The number of hydrogen-bond donors (Lipinski definition) is 1. The van der Waals surface area contributed by atoms with Gasteiger partial charge in [0.15, 0.2) is 0 Å². The van der Waals surface area contributed by atoms with Gasteiger partial charge < -0.3 is 5.11 Å². The smallest absolute Gasteiger partial charge is 0.338 e. The van der Waals surface area contributed by atoms with Gasteiger partial charge in [0.2, 0.25) is 0 Å². The van der Waals surface area contributed by atoms with Gasteiger partial charge in [-0.15, -0.1) is 0 Å². The zero-order valence-electron chi connectivity index (χ0n) is 9.63. The molecule has 2 aromatic rings. The lowest BCUT2D eigenvalue weighted by Gasteiger charge is -2.05. The third-order valence-corrected chi connectivity index (χ3v) is 3.47. The summed E-state index contributed by atoms with van der Waals surface area (Å²) in [6.45, 7) is 0. The third kappa shape index (κ3) is 2.92. The normalized spacial score (nSPS) is 9.89. The number of rotatable bonds is 3. The second kappa shape index (κ2) is 5.55. The molecule has 2 rings (SSSR count). The highest BCUT2D eigenvalue weighted by Crippen LogP contribution is 2.31. The van der Waals surface area contributed by atoms with E-state index in [0.29, 0.717) is 15.4 Å². The van der Waals surface area contributed by atoms with E-state index in [2.05, 4.69) is 6.07 Å². The Hall–Kier alpha value is -2.32. The molecule has 0 aliphatic rings.